The first-order valence-corrected chi connectivity index (χ1v) is 6.84. The fourth-order valence-electron chi connectivity index (χ4n) is 2.40. The number of imidazole rings is 1. The average Bonchev–Trinajstić information content (AvgIpc) is 2.80. The van der Waals surface area contributed by atoms with E-state index in [0.717, 1.165) is 22.5 Å². The summed E-state index contributed by atoms with van der Waals surface area (Å²) < 4.78 is 2.15. The van der Waals surface area contributed by atoms with Crippen molar-refractivity contribution in [3.63, 3.8) is 0 Å². The Kier molecular flexibility index (Phi) is 3.03. The van der Waals surface area contributed by atoms with E-state index in [2.05, 4.69) is 53.7 Å². The molecule has 3 heteroatoms. The third-order valence-electron chi connectivity index (χ3n) is 3.36. The van der Waals surface area contributed by atoms with Gasteiger partial charge in [0.25, 0.3) is 0 Å². The highest BCUT2D eigenvalue weighted by atomic mass is 35.5. The number of nitrogens with zero attached hydrogens (tertiary/aromatic N) is 2. The van der Waals surface area contributed by atoms with Crippen molar-refractivity contribution in [2.75, 3.05) is 0 Å². The number of hydrogen-bond donors (Lipinski definition) is 0. The normalized spacial score (nSPS) is 11.1. The van der Waals surface area contributed by atoms with Crippen molar-refractivity contribution in [1.29, 1.82) is 0 Å². The second kappa shape index (κ2) is 4.71. The van der Waals surface area contributed by atoms with Gasteiger partial charge >= 0.3 is 0 Å². The highest BCUT2D eigenvalue weighted by molar-refractivity contribution is 6.17. The van der Waals surface area contributed by atoms with Crippen molar-refractivity contribution >= 4 is 22.6 Å². The van der Waals surface area contributed by atoms with E-state index in [1.54, 1.807) is 0 Å². The van der Waals surface area contributed by atoms with Crippen LogP contribution in [0.25, 0.3) is 16.7 Å². The van der Waals surface area contributed by atoms with Gasteiger partial charge in [-0.15, -0.1) is 11.6 Å². The van der Waals surface area contributed by atoms with Crippen molar-refractivity contribution < 1.29 is 0 Å². The van der Waals surface area contributed by atoms with E-state index in [1.807, 2.05) is 12.1 Å². The van der Waals surface area contributed by atoms with Crippen LogP contribution in [0.15, 0.2) is 42.5 Å². The Morgan fingerprint density at radius 1 is 1.05 bits per heavy atom. The van der Waals surface area contributed by atoms with Crippen LogP contribution in [0.2, 0.25) is 0 Å². The maximum absolute atomic E-state index is 6.05. The van der Waals surface area contributed by atoms with Gasteiger partial charge < -0.3 is 0 Å². The Bertz CT molecular complexity index is 726. The van der Waals surface area contributed by atoms with Crippen molar-refractivity contribution in [3.8, 4) is 5.69 Å². The van der Waals surface area contributed by atoms with E-state index >= 15 is 0 Å². The molecule has 2 aromatic carbocycles. The zero-order chi connectivity index (χ0) is 13.4. The van der Waals surface area contributed by atoms with Crippen LogP contribution in [-0.4, -0.2) is 9.55 Å². The third-order valence-corrected chi connectivity index (χ3v) is 3.60. The van der Waals surface area contributed by atoms with Crippen molar-refractivity contribution in [2.24, 2.45) is 0 Å². The summed E-state index contributed by atoms with van der Waals surface area (Å²) in [6.45, 7) is 4.19. The molecule has 0 bridgehead atoms. The fourth-order valence-corrected chi connectivity index (χ4v) is 2.58. The Labute approximate surface area is 117 Å². The van der Waals surface area contributed by atoms with Gasteiger partial charge in [0.15, 0.2) is 0 Å². The molecule has 2 nitrogen and oxygen atoms in total. The molecule has 19 heavy (non-hydrogen) atoms. The van der Waals surface area contributed by atoms with E-state index < -0.39 is 0 Å². The van der Waals surface area contributed by atoms with Gasteiger partial charge in [-0.1, -0.05) is 29.8 Å². The highest BCUT2D eigenvalue weighted by Gasteiger charge is 2.12. The molecule has 0 radical (unpaired) electrons. The minimum atomic E-state index is 0.405. The Morgan fingerprint density at radius 2 is 1.79 bits per heavy atom. The molecule has 0 saturated carbocycles. The summed E-state index contributed by atoms with van der Waals surface area (Å²) in [6, 6.07) is 14.6. The first-order valence-electron chi connectivity index (χ1n) is 6.30. The van der Waals surface area contributed by atoms with E-state index in [4.69, 9.17) is 11.6 Å². The maximum atomic E-state index is 6.05. The number of halogens is 1. The summed E-state index contributed by atoms with van der Waals surface area (Å²) >= 11 is 6.05. The minimum absolute atomic E-state index is 0.405. The molecule has 0 aliphatic heterocycles. The lowest BCUT2D eigenvalue weighted by atomic mass is 10.2. The molecule has 0 unspecified atom stereocenters. The molecule has 0 fully saturated rings. The number of hydrogen-bond acceptors (Lipinski definition) is 1. The summed E-state index contributed by atoms with van der Waals surface area (Å²) in [5, 5.41) is 0. The van der Waals surface area contributed by atoms with Gasteiger partial charge in [-0.05, 0) is 37.6 Å². The van der Waals surface area contributed by atoms with Gasteiger partial charge in [0.2, 0.25) is 0 Å². The summed E-state index contributed by atoms with van der Waals surface area (Å²) in [5.74, 6) is 1.29. The fraction of sp³-hybridized carbons (Fsp3) is 0.188. The molecular weight excluding hydrogens is 256 g/mol. The van der Waals surface area contributed by atoms with Crippen molar-refractivity contribution in [1.82, 2.24) is 9.55 Å². The van der Waals surface area contributed by atoms with Crippen LogP contribution in [0.5, 0.6) is 0 Å². The molecule has 0 atom stereocenters. The SMILES string of the molecule is Cc1ccc(-n2c(CCl)nc3cccc(C)c32)cc1. The van der Waals surface area contributed by atoms with E-state index in [9.17, 15) is 0 Å². The lowest BCUT2D eigenvalue weighted by molar-refractivity contribution is 0.978. The molecule has 0 aliphatic carbocycles. The summed E-state index contributed by atoms with van der Waals surface area (Å²) in [7, 11) is 0. The van der Waals surface area contributed by atoms with Gasteiger partial charge in [-0.25, -0.2) is 4.98 Å². The van der Waals surface area contributed by atoms with Crippen molar-refractivity contribution in [2.45, 2.75) is 19.7 Å². The Morgan fingerprint density at radius 3 is 2.47 bits per heavy atom. The van der Waals surface area contributed by atoms with Gasteiger partial charge in [0.05, 0.1) is 16.9 Å². The standard InChI is InChI=1S/C16H15ClN2/c1-11-6-8-13(9-7-11)19-15(10-17)18-14-5-3-4-12(2)16(14)19/h3-9H,10H2,1-2H3. The molecule has 0 aliphatic rings. The van der Waals surface area contributed by atoms with E-state index in [-0.39, 0.29) is 0 Å². The molecular formula is C16H15ClN2. The number of fused-ring (bicyclic) bond motifs is 1. The lowest BCUT2D eigenvalue weighted by Gasteiger charge is -2.09. The van der Waals surface area contributed by atoms with Crippen LogP contribution in [0.4, 0.5) is 0 Å². The van der Waals surface area contributed by atoms with E-state index in [1.165, 1.54) is 11.1 Å². The maximum Gasteiger partial charge on any atom is 0.129 e. The molecule has 3 rings (SSSR count). The molecule has 1 heterocycles. The van der Waals surface area contributed by atoms with Crippen LogP contribution in [0.1, 0.15) is 17.0 Å². The van der Waals surface area contributed by atoms with Crippen molar-refractivity contribution in [3.05, 3.63) is 59.4 Å². The minimum Gasteiger partial charge on any atom is -0.295 e. The number of aromatic nitrogens is 2. The average molecular weight is 271 g/mol. The Balaban J connectivity index is 2.35. The van der Waals surface area contributed by atoms with Crippen LogP contribution in [0.3, 0.4) is 0 Å². The third kappa shape index (κ3) is 2.02. The van der Waals surface area contributed by atoms with Gasteiger partial charge in [-0.2, -0.15) is 0 Å². The van der Waals surface area contributed by atoms with Crippen LogP contribution < -0.4 is 0 Å². The van der Waals surface area contributed by atoms with Gasteiger partial charge in [-0.3, -0.25) is 4.57 Å². The molecule has 96 valence electrons. The topological polar surface area (TPSA) is 17.8 Å². The van der Waals surface area contributed by atoms with Gasteiger partial charge in [0.1, 0.15) is 5.82 Å². The van der Waals surface area contributed by atoms with Crippen LogP contribution in [0, 0.1) is 13.8 Å². The number of rotatable bonds is 2. The van der Waals surface area contributed by atoms with E-state index in [0.29, 0.717) is 5.88 Å². The second-order valence-electron chi connectivity index (χ2n) is 4.78. The summed E-state index contributed by atoms with van der Waals surface area (Å²) in [6.07, 6.45) is 0. The molecule has 1 aromatic heterocycles. The largest absolute Gasteiger partial charge is 0.295 e. The summed E-state index contributed by atoms with van der Waals surface area (Å²) in [5.41, 5.74) is 5.70. The number of benzene rings is 2. The van der Waals surface area contributed by atoms with Crippen LogP contribution in [-0.2, 0) is 5.88 Å². The predicted molar refractivity (Wildman–Crippen MR) is 80.1 cm³/mol. The zero-order valence-corrected chi connectivity index (χ0v) is 11.8. The molecule has 0 amide bonds. The van der Waals surface area contributed by atoms with Crippen LogP contribution >= 0.6 is 11.6 Å². The smallest absolute Gasteiger partial charge is 0.129 e. The first-order chi connectivity index (χ1) is 9.20. The number of aryl methyl sites for hydroxylation is 2. The monoisotopic (exact) mass is 270 g/mol. The molecule has 0 N–H and O–H groups in total. The molecule has 3 aromatic rings. The lowest BCUT2D eigenvalue weighted by Crippen LogP contribution is -2.00. The number of alkyl halides is 1. The predicted octanol–water partition coefficient (Wildman–Crippen LogP) is 4.38. The Hall–Kier alpha value is -1.80. The molecule has 0 saturated heterocycles. The highest BCUT2D eigenvalue weighted by Crippen LogP contribution is 2.25. The quantitative estimate of drug-likeness (QED) is 0.632. The second-order valence-corrected chi connectivity index (χ2v) is 5.04. The number of para-hydroxylation sites is 1. The molecule has 0 spiro atoms. The summed E-state index contributed by atoms with van der Waals surface area (Å²) in [4.78, 5) is 4.62. The zero-order valence-electron chi connectivity index (χ0n) is 11.0. The van der Waals surface area contributed by atoms with Gasteiger partial charge in [0, 0.05) is 5.69 Å². The first kappa shape index (κ1) is 12.2.